The number of halogens is 2. The molecule has 0 aliphatic rings. The lowest BCUT2D eigenvalue weighted by atomic mass is 9.96. The lowest BCUT2D eigenvalue weighted by molar-refractivity contribution is 0.0687. The van der Waals surface area contributed by atoms with Crippen molar-refractivity contribution in [1.29, 1.82) is 0 Å². The van der Waals surface area contributed by atoms with Gasteiger partial charge in [0, 0.05) is 18.0 Å². The summed E-state index contributed by atoms with van der Waals surface area (Å²) in [6, 6.07) is 4.37. The highest BCUT2D eigenvalue weighted by atomic mass is 35.5. The third-order valence-electron chi connectivity index (χ3n) is 2.03. The van der Waals surface area contributed by atoms with Gasteiger partial charge in [-0.3, -0.25) is 0 Å². The Morgan fingerprint density at radius 3 is 2.71 bits per heavy atom. The van der Waals surface area contributed by atoms with Gasteiger partial charge in [0.2, 0.25) is 0 Å². The van der Waals surface area contributed by atoms with Gasteiger partial charge in [-0.1, -0.05) is 17.7 Å². The van der Waals surface area contributed by atoms with Gasteiger partial charge in [0.25, 0.3) is 0 Å². The minimum absolute atomic E-state index is 0.0923. The van der Waals surface area contributed by atoms with Gasteiger partial charge >= 0.3 is 0 Å². The quantitative estimate of drug-likeness (QED) is 0.810. The Labute approximate surface area is 87.5 Å². The van der Waals surface area contributed by atoms with Crippen molar-refractivity contribution in [3.05, 3.63) is 34.6 Å². The van der Waals surface area contributed by atoms with Crippen molar-refractivity contribution in [2.24, 2.45) is 5.73 Å². The van der Waals surface area contributed by atoms with E-state index >= 15 is 0 Å². The normalized spacial score (nSPS) is 15.2. The molecule has 78 valence electrons. The van der Waals surface area contributed by atoms with Gasteiger partial charge in [-0.15, -0.1) is 0 Å². The smallest absolute Gasteiger partial charge is 0.127 e. The molecule has 0 aliphatic heterocycles. The first kappa shape index (κ1) is 11.4. The van der Waals surface area contributed by atoms with Gasteiger partial charge < -0.3 is 10.8 Å². The fourth-order valence-corrected chi connectivity index (χ4v) is 1.31. The second-order valence-corrected chi connectivity index (χ2v) is 4.05. The molecule has 0 saturated heterocycles. The monoisotopic (exact) mass is 217 g/mol. The predicted octanol–water partition coefficient (Wildman–Crippen LogP) is 1.73. The van der Waals surface area contributed by atoms with E-state index < -0.39 is 11.4 Å². The number of benzene rings is 1. The fourth-order valence-electron chi connectivity index (χ4n) is 1.15. The molecule has 1 atom stereocenters. The molecule has 1 aromatic carbocycles. The molecular weight excluding hydrogens is 205 g/mol. The molecule has 2 nitrogen and oxygen atoms in total. The molecule has 3 N–H and O–H groups in total. The summed E-state index contributed by atoms with van der Waals surface area (Å²) in [6.45, 7) is 1.66. The number of aliphatic hydroxyl groups is 1. The van der Waals surface area contributed by atoms with Crippen LogP contribution in [0.5, 0.6) is 0 Å². The maximum absolute atomic E-state index is 13.3. The summed E-state index contributed by atoms with van der Waals surface area (Å²) >= 11 is 5.59. The molecule has 1 unspecified atom stereocenters. The highest BCUT2D eigenvalue weighted by Gasteiger charge is 2.20. The molecule has 0 heterocycles. The van der Waals surface area contributed by atoms with E-state index in [0.717, 1.165) is 0 Å². The topological polar surface area (TPSA) is 46.2 Å². The van der Waals surface area contributed by atoms with E-state index in [1.165, 1.54) is 6.07 Å². The van der Waals surface area contributed by atoms with Crippen LogP contribution >= 0.6 is 11.6 Å². The first-order valence-corrected chi connectivity index (χ1v) is 4.69. The fraction of sp³-hybridized carbons (Fsp3) is 0.400. The van der Waals surface area contributed by atoms with E-state index in [4.69, 9.17) is 17.3 Å². The van der Waals surface area contributed by atoms with Crippen molar-refractivity contribution in [3.63, 3.8) is 0 Å². The van der Waals surface area contributed by atoms with Crippen LogP contribution in [-0.4, -0.2) is 17.3 Å². The number of nitrogens with two attached hydrogens (primary N) is 1. The molecular formula is C10H13ClFNO. The zero-order valence-corrected chi connectivity index (χ0v) is 8.68. The third kappa shape index (κ3) is 2.94. The zero-order chi connectivity index (χ0) is 10.8. The predicted molar refractivity (Wildman–Crippen MR) is 54.8 cm³/mol. The molecule has 0 radical (unpaired) electrons. The highest BCUT2D eigenvalue weighted by Crippen LogP contribution is 2.19. The minimum atomic E-state index is -1.07. The van der Waals surface area contributed by atoms with Crippen molar-refractivity contribution in [3.8, 4) is 0 Å². The SMILES string of the molecule is CC(O)(CN)Cc1ccc(Cl)cc1F. The first-order valence-electron chi connectivity index (χ1n) is 4.31. The van der Waals surface area contributed by atoms with E-state index in [1.807, 2.05) is 0 Å². The number of rotatable bonds is 3. The summed E-state index contributed by atoms with van der Waals surface area (Å²) < 4.78 is 13.3. The second kappa shape index (κ2) is 4.26. The summed E-state index contributed by atoms with van der Waals surface area (Å²) in [5.41, 5.74) is 4.68. The van der Waals surface area contributed by atoms with Crippen molar-refractivity contribution in [2.75, 3.05) is 6.54 Å². The molecule has 1 aromatic rings. The van der Waals surface area contributed by atoms with Crippen molar-refractivity contribution >= 4 is 11.6 Å². The third-order valence-corrected chi connectivity index (χ3v) is 2.26. The molecule has 0 bridgehead atoms. The van der Waals surface area contributed by atoms with Crippen molar-refractivity contribution < 1.29 is 9.50 Å². The number of hydrogen-bond donors (Lipinski definition) is 2. The van der Waals surface area contributed by atoms with Gasteiger partial charge in [-0.05, 0) is 24.6 Å². The van der Waals surface area contributed by atoms with Gasteiger partial charge in [0.15, 0.2) is 0 Å². The largest absolute Gasteiger partial charge is 0.389 e. The molecule has 14 heavy (non-hydrogen) atoms. The standard InChI is InChI=1S/C10H13ClFNO/c1-10(14,6-13)5-7-2-3-8(11)4-9(7)12/h2-4,14H,5-6,13H2,1H3. The summed E-state index contributed by atoms with van der Waals surface area (Å²) in [5.74, 6) is -0.411. The van der Waals surface area contributed by atoms with Crippen LogP contribution in [0.2, 0.25) is 5.02 Å². The Bertz CT molecular complexity index is 328. The summed E-state index contributed by atoms with van der Waals surface area (Å²) in [5, 5.41) is 9.99. The summed E-state index contributed by atoms with van der Waals surface area (Å²) in [6.07, 6.45) is 0.187. The van der Waals surface area contributed by atoms with Crippen LogP contribution in [0.3, 0.4) is 0 Å². The Balaban J connectivity index is 2.87. The highest BCUT2D eigenvalue weighted by molar-refractivity contribution is 6.30. The van der Waals surface area contributed by atoms with Crippen LogP contribution in [0, 0.1) is 5.82 Å². The van der Waals surface area contributed by atoms with Gasteiger partial charge in [-0.2, -0.15) is 0 Å². The van der Waals surface area contributed by atoms with Crippen LogP contribution in [0.4, 0.5) is 4.39 Å². The summed E-state index contributed by atoms with van der Waals surface area (Å²) in [7, 11) is 0. The van der Waals surface area contributed by atoms with E-state index in [1.54, 1.807) is 19.1 Å². The summed E-state index contributed by atoms with van der Waals surface area (Å²) in [4.78, 5) is 0. The van der Waals surface area contributed by atoms with E-state index in [-0.39, 0.29) is 13.0 Å². The van der Waals surface area contributed by atoms with Crippen LogP contribution in [0.15, 0.2) is 18.2 Å². The van der Waals surface area contributed by atoms with Crippen LogP contribution in [-0.2, 0) is 6.42 Å². The maximum Gasteiger partial charge on any atom is 0.127 e. The molecule has 0 saturated carbocycles. The molecule has 0 aliphatic carbocycles. The molecule has 0 spiro atoms. The molecule has 1 rings (SSSR count). The lowest BCUT2D eigenvalue weighted by Crippen LogP contribution is -2.36. The second-order valence-electron chi connectivity index (χ2n) is 3.61. The first-order chi connectivity index (χ1) is 6.44. The maximum atomic E-state index is 13.3. The molecule has 0 amide bonds. The Morgan fingerprint density at radius 1 is 1.57 bits per heavy atom. The average molecular weight is 218 g/mol. The van der Waals surface area contributed by atoms with Crippen LogP contribution in [0.25, 0.3) is 0 Å². The van der Waals surface area contributed by atoms with E-state index in [2.05, 4.69) is 0 Å². The Kier molecular flexibility index (Phi) is 3.48. The Morgan fingerprint density at radius 2 is 2.21 bits per heavy atom. The van der Waals surface area contributed by atoms with Gasteiger partial charge in [0.1, 0.15) is 5.82 Å². The van der Waals surface area contributed by atoms with Crippen LogP contribution < -0.4 is 5.73 Å². The van der Waals surface area contributed by atoms with Crippen LogP contribution in [0.1, 0.15) is 12.5 Å². The zero-order valence-electron chi connectivity index (χ0n) is 7.93. The Hall–Kier alpha value is -0.640. The molecule has 4 heteroatoms. The van der Waals surface area contributed by atoms with Crippen molar-refractivity contribution in [1.82, 2.24) is 0 Å². The van der Waals surface area contributed by atoms with E-state index in [0.29, 0.717) is 10.6 Å². The van der Waals surface area contributed by atoms with E-state index in [9.17, 15) is 9.50 Å². The lowest BCUT2D eigenvalue weighted by Gasteiger charge is -2.21. The molecule has 0 aromatic heterocycles. The molecule has 0 fully saturated rings. The van der Waals surface area contributed by atoms with Gasteiger partial charge in [0.05, 0.1) is 5.60 Å². The van der Waals surface area contributed by atoms with Crippen molar-refractivity contribution in [2.45, 2.75) is 18.9 Å². The average Bonchev–Trinajstić information content (AvgIpc) is 2.10. The number of hydrogen-bond acceptors (Lipinski definition) is 2. The minimum Gasteiger partial charge on any atom is -0.389 e. The van der Waals surface area contributed by atoms with Gasteiger partial charge in [-0.25, -0.2) is 4.39 Å².